The molecule has 2 N–H and O–H groups in total. The first-order valence-corrected chi connectivity index (χ1v) is 7.10. The second-order valence-corrected chi connectivity index (χ2v) is 5.89. The largest absolute Gasteiger partial charge is 0.495 e. The second kappa shape index (κ2) is 5.33. The minimum atomic E-state index is -3.77. The van der Waals surface area contributed by atoms with Crippen LogP contribution in [-0.4, -0.2) is 32.5 Å². The maximum atomic E-state index is 12.5. The normalized spacial score (nSPS) is 11.1. The number of nitrogen functional groups attached to an aromatic ring is 1. The van der Waals surface area contributed by atoms with Gasteiger partial charge in [0.05, 0.1) is 25.2 Å². The first kappa shape index (κ1) is 14.1. The van der Waals surface area contributed by atoms with Crippen molar-refractivity contribution in [1.29, 1.82) is 0 Å². The van der Waals surface area contributed by atoms with Crippen LogP contribution in [0.25, 0.3) is 0 Å². The molecule has 0 saturated heterocycles. The minimum absolute atomic E-state index is 0.0175. The number of anilines is 2. The summed E-state index contributed by atoms with van der Waals surface area (Å²) < 4.78 is 31.2. The Balaban J connectivity index is 2.46. The van der Waals surface area contributed by atoms with Crippen LogP contribution in [0.15, 0.2) is 41.6 Å². The van der Waals surface area contributed by atoms with E-state index in [2.05, 4.69) is 9.97 Å². The average Bonchev–Trinajstić information content (AvgIpc) is 2.46. The van der Waals surface area contributed by atoms with Crippen LogP contribution in [0.3, 0.4) is 0 Å². The highest BCUT2D eigenvalue weighted by Gasteiger charge is 2.24. The molecule has 20 heavy (non-hydrogen) atoms. The van der Waals surface area contributed by atoms with Crippen molar-refractivity contribution in [3.63, 3.8) is 0 Å². The van der Waals surface area contributed by atoms with Gasteiger partial charge in [-0.15, -0.1) is 0 Å². The summed E-state index contributed by atoms with van der Waals surface area (Å²) in [6.07, 6.45) is 2.34. The van der Waals surface area contributed by atoms with Gasteiger partial charge in [-0.2, -0.15) is 0 Å². The van der Waals surface area contributed by atoms with E-state index in [0.717, 1.165) is 4.31 Å². The van der Waals surface area contributed by atoms with E-state index in [4.69, 9.17) is 10.5 Å². The molecule has 0 fully saturated rings. The molecule has 0 aliphatic carbocycles. The minimum Gasteiger partial charge on any atom is -0.495 e. The van der Waals surface area contributed by atoms with Crippen LogP contribution in [0.5, 0.6) is 5.75 Å². The zero-order valence-corrected chi connectivity index (χ0v) is 11.8. The van der Waals surface area contributed by atoms with Crippen LogP contribution in [0.1, 0.15) is 0 Å². The summed E-state index contributed by atoms with van der Waals surface area (Å²) in [5, 5.41) is 0. The van der Waals surface area contributed by atoms with Crippen LogP contribution in [0.4, 0.5) is 11.6 Å². The lowest BCUT2D eigenvalue weighted by molar-refractivity contribution is 0.416. The molecule has 0 unspecified atom stereocenters. The standard InChI is InChI=1S/C12H14N4O3S/c1-16(10-5-3-4-6-11(10)19-2)20(17,18)9-7-14-12(13)15-8-9/h3-8H,1-2H3,(H2,13,14,15). The van der Waals surface area contributed by atoms with E-state index in [1.165, 1.54) is 26.6 Å². The molecule has 0 spiro atoms. The van der Waals surface area contributed by atoms with Gasteiger partial charge in [0.2, 0.25) is 5.95 Å². The van der Waals surface area contributed by atoms with E-state index in [9.17, 15) is 8.42 Å². The third kappa shape index (κ3) is 2.50. The first-order chi connectivity index (χ1) is 9.46. The molecule has 1 aromatic heterocycles. The molecule has 0 bridgehead atoms. The van der Waals surface area contributed by atoms with E-state index in [1.807, 2.05) is 0 Å². The van der Waals surface area contributed by atoms with Gasteiger partial charge in [-0.3, -0.25) is 4.31 Å². The molecule has 1 aromatic carbocycles. The van der Waals surface area contributed by atoms with Crippen LogP contribution in [-0.2, 0) is 10.0 Å². The van der Waals surface area contributed by atoms with Crippen molar-refractivity contribution in [2.45, 2.75) is 4.90 Å². The fourth-order valence-electron chi connectivity index (χ4n) is 1.64. The summed E-state index contributed by atoms with van der Waals surface area (Å²) in [5.74, 6) is 0.471. The van der Waals surface area contributed by atoms with Gasteiger partial charge in [0.1, 0.15) is 10.6 Å². The predicted octanol–water partition coefficient (Wildman–Crippen LogP) is 0.892. The zero-order chi connectivity index (χ0) is 14.8. The Bertz CT molecular complexity index is 701. The number of ether oxygens (including phenoxy) is 1. The Kier molecular flexibility index (Phi) is 3.75. The number of sulfonamides is 1. The lowest BCUT2D eigenvalue weighted by Crippen LogP contribution is -2.27. The van der Waals surface area contributed by atoms with E-state index in [0.29, 0.717) is 11.4 Å². The molecular weight excluding hydrogens is 280 g/mol. The van der Waals surface area contributed by atoms with Crippen molar-refractivity contribution in [2.75, 3.05) is 24.2 Å². The highest BCUT2D eigenvalue weighted by atomic mass is 32.2. The summed E-state index contributed by atoms with van der Waals surface area (Å²) in [6, 6.07) is 6.81. The lowest BCUT2D eigenvalue weighted by Gasteiger charge is -2.21. The monoisotopic (exact) mass is 294 g/mol. The number of rotatable bonds is 4. The van der Waals surface area contributed by atoms with Crippen molar-refractivity contribution in [3.05, 3.63) is 36.7 Å². The number of para-hydroxylation sites is 2. The molecule has 7 nitrogen and oxygen atoms in total. The number of methoxy groups -OCH3 is 1. The number of benzene rings is 1. The highest BCUT2D eigenvalue weighted by molar-refractivity contribution is 7.92. The fraction of sp³-hybridized carbons (Fsp3) is 0.167. The number of hydrogen-bond acceptors (Lipinski definition) is 6. The van der Waals surface area contributed by atoms with E-state index in [-0.39, 0.29) is 10.8 Å². The van der Waals surface area contributed by atoms with Gasteiger partial charge in [0.15, 0.2) is 0 Å². The maximum absolute atomic E-state index is 12.5. The van der Waals surface area contributed by atoms with Crippen LogP contribution >= 0.6 is 0 Å². The molecule has 0 atom stereocenters. The molecular formula is C12H14N4O3S. The first-order valence-electron chi connectivity index (χ1n) is 5.66. The zero-order valence-electron chi connectivity index (χ0n) is 11.0. The quantitative estimate of drug-likeness (QED) is 0.899. The fourth-order valence-corrected chi connectivity index (χ4v) is 2.73. The number of aromatic nitrogens is 2. The van der Waals surface area contributed by atoms with Crippen LogP contribution in [0, 0.1) is 0 Å². The van der Waals surface area contributed by atoms with Crippen molar-refractivity contribution in [3.8, 4) is 5.75 Å². The Labute approximate surface area is 117 Å². The Morgan fingerprint density at radius 1 is 1.20 bits per heavy atom. The van der Waals surface area contributed by atoms with Gasteiger partial charge in [-0.25, -0.2) is 18.4 Å². The summed E-state index contributed by atoms with van der Waals surface area (Å²) in [6.45, 7) is 0. The SMILES string of the molecule is COc1ccccc1N(C)S(=O)(=O)c1cnc(N)nc1. The van der Waals surface area contributed by atoms with Crippen molar-refractivity contribution < 1.29 is 13.2 Å². The molecule has 0 amide bonds. The second-order valence-electron chi connectivity index (χ2n) is 3.92. The van der Waals surface area contributed by atoms with E-state index < -0.39 is 10.0 Å². The van der Waals surface area contributed by atoms with Crippen LogP contribution in [0.2, 0.25) is 0 Å². The molecule has 2 aromatic rings. The van der Waals surface area contributed by atoms with Gasteiger partial charge in [0, 0.05) is 7.05 Å². The van der Waals surface area contributed by atoms with Gasteiger partial charge in [0.25, 0.3) is 10.0 Å². The smallest absolute Gasteiger partial charge is 0.267 e. The maximum Gasteiger partial charge on any atom is 0.267 e. The number of nitrogens with zero attached hydrogens (tertiary/aromatic N) is 3. The van der Waals surface area contributed by atoms with Crippen LogP contribution < -0.4 is 14.8 Å². The molecule has 1 heterocycles. The molecule has 0 aliphatic rings. The molecule has 8 heteroatoms. The van der Waals surface area contributed by atoms with Crippen molar-refractivity contribution in [2.24, 2.45) is 0 Å². The number of hydrogen-bond donors (Lipinski definition) is 1. The summed E-state index contributed by atoms with van der Waals surface area (Å²) in [7, 11) is -0.857. The van der Waals surface area contributed by atoms with Gasteiger partial charge >= 0.3 is 0 Å². The average molecular weight is 294 g/mol. The Morgan fingerprint density at radius 2 is 1.80 bits per heavy atom. The topological polar surface area (TPSA) is 98.4 Å². The predicted molar refractivity (Wildman–Crippen MR) is 75.0 cm³/mol. The third-order valence-corrected chi connectivity index (χ3v) is 4.46. The molecule has 0 saturated carbocycles. The third-order valence-electron chi connectivity index (χ3n) is 2.73. The van der Waals surface area contributed by atoms with Crippen molar-refractivity contribution in [1.82, 2.24) is 9.97 Å². The number of nitrogens with two attached hydrogens (primary N) is 1. The summed E-state index contributed by atoms with van der Waals surface area (Å²) >= 11 is 0. The molecule has 0 radical (unpaired) electrons. The van der Waals surface area contributed by atoms with Gasteiger partial charge in [-0.1, -0.05) is 12.1 Å². The Morgan fingerprint density at radius 3 is 2.40 bits per heavy atom. The molecule has 106 valence electrons. The van der Waals surface area contributed by atoms with E-state index in [1.54, 1.807) is 24.3 Å². The van der Waals surface area contributed by atoms with Crippen molar-refractivity contribution >= 4 is 21.7 Å². The van der Waals surface area contributed by atoms with Gasteiger partial charge < -0.3 is 10.5 Å². The molecule has 2 rings (SSSR count). The highest BCUT2D eigenvalue weighted by Crippen LogP contribution is 2.30. The summed E-state index contributed by atoms with van der Waals surface area (Å²) in [4.78, 5) is 7.35. The van der Waals surface area contributed by atoms with Gasteiger partial charge in [-0.05, 0) is 12.1 Å². The van der Waals surface area contributed by atoms with E-state index >= 15 is 0 Å². The lowest BCUT2D eigenvalue weighted by atomic mass is 10.3. The summed E-state index contributed by atoms with van der Waals surface area (Å²) in [5.41, 5.74) is 5.78. The Hall–Kier alpha value is -2.35. The molecule has 0 aliphatic heterocycles.